The fraction of sp³-hybridized carbons (Fsp3) is 0.407. The summed E-state index contributed by atoms with van der Waals surface area (Å²) in [5.74, 6) is 4.73. The number of rotatable bonds is 7. The number of halogens is 5. The Labute approximate surface area is 227 Å². The van der Waals surface area contributed by atoms with E-state index in [-0.39, 0.29) is 41.7 Å². The van der Waals surface area contributed by atoms with E-state index < -0.39 is 30.6 Å². The molecule has 0 saturated carbocycles. The molecule has 1 saturated heterocycles. The van der Waals surface area contributed by atoms with E-state index in [1.165, 1.54) is 20.2 Å². The number of pyridine rings is 1. The van der Waals surface area contributed by atoms with Crippen LogP contribution in [0.5, 0.6) is 5.75 Å². The molecule has 214 valence electrons. The van der Waals surface area contributed by atoms with E-state index in [1.807, 2.05) is 4.90 Å². The number of ether oxygens (including phenoxy) is 1. The van der Waals surface area contributed by atoms with Crippen LogP contribution >= 0.6 is 0 Å². The summed E-state index contributed by atoms with van der Waals surface area (Å²) in [6, 6.07) is 5.03. The monoisotopic (exact) mass is 564 g/mol. The lowest BCUT2D eigenvalue weighted by atomic mass is 10.0. The van der Waals surface area contributed by atoms with Crippen LogP contribution in [0.25, 0.3) is 5.65 Å². The summed E-state index contributed by atoms with van der Waals surface area (Å²) < 4.78 is 76.4. The molecule has 2 aromatic heterocycles. The predicted octanol–water partition coefficient (Wildman–Crippen LogP) is 3.86. The minimum atomic E-state index is -4.58. The maximum absolute atomic E-state index is 14.9. The third-order valence-corrected chi connectivity index (χ3v) is 6.55. The van der Waals surface area contributed by atoms with Crippen LogP contribution in [0.1, 0.15) is 28.2 Å². The van der Waals surface area contributed by atoms with Gasteiger partial charge in [-0.15, -0.1) is 0 Å². The number of methoxy groups -OCH3 is 1. The quantitative estimate of drug-likeness (QED) is 0.299. The number of piperidine rings is 1. The molecule has 1 amide bonds. The molecule has 1 aliphatic rings. The van der Waals surface area contributed by atoms with Crippen molar-refractivity contribution in [1.82, 2.24) is 19.6 Å². The van der Waals surface area contributed by atoms with Crippen molar-refractivity contribution in [2.24, 2.45) is 0 Å². The van der Waals surface area contributed by atoms with Crippen molar-refractivity contribution in [2.45, 2.75) is 31.2 Å². The Morgan fingerprint density at radius 1 is 1.27 bits per heavy atom. The van der Waals surface area contributed by atoms with Crippen LogP contribution in [-0.2, 0) is 6.42 Å². The molecule has 1 aromatic carbocycles. The molecule has 40 heavy (non-hydrogen) atoms. The molecule has 8 nitrogen and oxygen atoms in total. The average molecular weight is 565 g/mol. The second kappa shape index (κ2) is 12.0. The summed E-state index contributed by atoms with van der Waals surface area (Å²) in [4.78, 5) is 17.9. The molecule has 3 N–H and O–H groups in total. The van der Waals surface area contributed by atoms with Crippen LogP contribution in [0.4, 0.5) is 33.3 Å². The fourth-order valence-corrected chi connectivity index (χ4v) is 4.52. The smallest absolute Gasteiger partial charge is 0.394 e. The summed E-state index contributed by atoms with van der Waals surface area (Å²) >= 11 is 0. The number of amides is 1. The first kappa shape index (κ1) is 28.9. The van der Waals surface area contributed by atoms with Gasteiger partial charge in [0, 0.05) is 31.9 Å². The van der Waals surface area contributed by atoms with Gasteiger partial charge in [-0.2, -0.15) is 13.2 Å². The van der Waals surface area contributed by atoms with E-state index in [2.05, 4.69) is 32.8 Å². The third-order valence-electron chi connectivity index (χ3n) is 6.55. The van der Waals surface area contributed by atoms with Crippen molar-refractivity contribution in [2.75, 3.05) is 51.5 Å². The highest BCUT2D eigenvalue weighted by atomic mass is 19.4. The van der Waals surface area contributed by atoms with E-state index >= 15 is 0 Å². The first-order valence-corrected chi connectivity index (χ1v) is 12.5. The van der Waals surface area contributed by atoms with E-state index in [9.17, 15) is 26.7 Å². The molecule has 0 spiro atoms. The lowest BCUT2D eigenvalue weighted by Gasteiger charge is -2.33. The maximum atomic E-state index is 14.9. The molecule has 2 atom stereocenters. The van der Waals surface area contributed by atoms with Crippen LogP contribution in [0.3, 0.4) is 0 Å². The molecule has 0 radical (unpaired) electrons. The Balaban J connectivity index is 1.63. The molecular formula is C27H29F5N6O2. The van der Waals surface area contributed by atoms with Gasteiger partial charge in [-0.25, -0.2) is 13.8 Å². The zero-order valence-electron chi connectivity index (χ0n) is 22.1. The normalized spacial score (nSPS) is 17.7. The highest BCUT2D eigenvalue weighted by Gasteiger charge is 2.33. The summed E-state index contributed by atoms with van der Waals surface area (Å²) in [5.41, 5.74) is 0.195. The second-order valence-electron chi connectivity index (χ2n) is 9.40. The molecule has 0 unspecified atom stereocenters. The number of nitrogens with one attached hydrogen (secondary N) is 3. The Morgan fingerprint density at radius 3 is 2.73 bits per heavy atom. The number of anilines is 2. The number of hydrogen-bond donors (Lipinski definition) is 3. The van der Waals surface area contributed by atoms with Crippen molar-refractivity contribution in [3.63, 3.8) is 0 Å². The minimum Gasteiger partial charge on any atom is -0.495 e. The Kier molecular flexibility index (Phi) is 8.68. The summed E-state index contributed by atoms with van der Waals surface area (Å²) in [7, 11) is 4.71. The van der Waals surface area contributed by atoms with Crippen LogP contribution in [0.15, 0.2) is 30.5 Å². The zero-order valence-corrected chi connectivity index (χ0v) is 22.1. The maximum Gasteiger partial charge on any atom is 0.394 e. The van der Waals surface area contributed by atoms with Gasteiger partial charge >= 0.3 is 6.18 Å². The highest BCUT2D eigenvalue weighted by Crippen LogP contribution is 2.30. The average Bonchev–Trinajstić information content (AvgIpc) is 3.24. The van der Waals surface area contributed by atoms with Crippen molar-refractivity contribution in [3.05, 3.63) is 53.2 Å². The molecule has 3 aromatic rings. The second-order valence-corrected chi connectivity index (χ2v) is 9.40. The third kappa shape index (κ3) is 6.56. The molecule has 1 aliphatic heterocycles. The van der Waals surface area contributed by atoms with Gasteiger partial charge in [0.25, 0.3) is 5.91 Å². The Bertz CT molecular complexity index is 1450. The number of carbonyl (C=O) groups is 1. The van der Waals surface area contributed by atoms with Crippen LogP contribution in [0.2, 0.25) is 0 Å². The number of aromatic nitrogens is 2. The minimum absolute atomic E-state index is 0.00754. The van der Waals surface area contributed by atoms with Crippen LogP contribution in [0, 0.1) is 17.7 Å². The van der Waals surface area contributed by atoms with Crippen molar-refractivity contribution >= 4 is 22.9 Å². The van der Waals surface area contributed by atoms with Gasteiger partial charge in [0.05, 0.1) is 37.5 Å². The topological polar surface area (TPSA) is 82.9 Å². The van der Waals surface area contributed by atoms with Gasteiger partial charge in [0.2, 0.25) is 0 Å². The number of alkyl halides is 4. The first-order valence-electron chi connectivity index (χ1n) is 12.5. The highest BCUT2D eigenvalue weighted by molar-refractivity contribution is 5.95. The van der Waals surface area contributed by atoms with Crippen molar-refractivity contribution < 1.29 is 31.5 Å². The molecule has 0 bridgehead atoms. The largest absolute Gasteiger partial charge is 0.495 e. The summed E-state index contributed by atoms with van der Waals surface area (Å²) in [6.45, 7) is 0.742. The molecule has 4 rings (SSSR count). The number of imidazole rings is 1. The lowest BCUT2D eigenvalue weighted by Crippen LogP contribution is -2.46. The van der Waals surface area contributed by atoms with E-state index in [0.29, 0.717) is 30.0 Å². The Morgan fingerprint density at radius 2 is 2.05 bits per heavy atom. The van der Waals surface area contributed by atoms with Gasteiger partial charge in [0.15, 0.2) is 11.5 Å². The van der Waals surface area contributed by atoms with Gasteiger partial charge in [-0.05, 0) is 43.7 Å². The van der Waals surface area contributed by atoms with Gasteiger partial charge in [0.1, 0.15) is 23.3 Å². The lowest BCUT2D eigenvalue weighted by molar-refractivity contribution is -0.128. The van der Waals surface area contributed by atoms with Crippen LogP contribution < -0.4 is 20.7 Å². The molecule has 1 fully saturated rings. The van der Waals surface area contributed by atoms with Crippen molar-refractivity contribution in [3.8, 4) is 17.6 Å². The summed E-state index contributed by atoms with van der Waals surface area (Å²) in [5, 5.41) is 8.35. The molecular weight excluding hydrogens is 535 g/mol. The van der Waals surface area contributed by atoms with Crippen molar-refractivity contribution in [1.29, 1.82) is 0 Å². The first-order chi connectivity index (χ1) is 19.0. The van der Waals surface area contributed by atoms with Gasteiger partial charge in [-0.1, -0.05) is 5.92 Å². The predicted molar refractivity (Wildman–Crippen MR) is 141 cm³/mol. The number of carbonyl (C=O) groups excluding carboxylic acids is 1. The van der Waals surface area contributed by atoms with Gasteiger partial charge in [-0.3, -0.25) is 4.79 Å². The standard InChI is InChI=1S/C27H29F5N6O2/c1-33-26(39)16-6-7-21(23(13-16)40-3)34-10-4-5-20-22(14-27(30,31)32)38-12-8-17(28)24(25(38)36-20)35-19-9-11-37(2)15-18(19)29/h6-8,12-13,18-19,34-35H,9-11,14-15H2,1-3H3,(H,33,39)/t18-,19+/m0/s1. The van der Waals surface area contributed by atoms with Crippen LogP contribution in [-0.4, -0.2) is 79.4 Å². The SMILES string of the molecule is CNC(=O)c1ccc(NCC#Cc2nc3c(N[C@@H]4CCN(C)C[C@@H]4F)c(F)ccn3c2CC(F)(F)F)c(OC)c1. The molecule has 3 heterocycles. The van der Waals surface area contributed by atoms with E-state index in [0.717, 1.165) is 16.7 Å². The Hall–Kier alpha value is -4.05. The molecule has 13 heteroatoms. The number of hydrogen-bond acceptors (Lipinski definition) is 6. The fourth-order valence-electron chi connectivity index (χ4n) is 4.52. The molecule has 0 aliphatic carbocycles. The number of nitrogens with zero attached hydrogens (tertiary/aromatic N) is 3. The number of fused-ring (bicyclic) bond motifs is 1. The number of likely N-dealkylation sites (tertiary alicyclic amines) is 1. The number of benzene rings is 1. The summed E-state index contributed by atoms with van der Waals surface area (Å²) in [6.07, 6.45) is -5.67. The zero-order chi connectivity index (χ0) is 29.0. The van der Waals surface area contributed by atoms with E-state index in [1.54, 1.807) is 19.2 Å². The van der Waals surface area contributed by atoms with E-state index in [4.69, 9.17) is 4.74 Å². The van der Waals surface area contributed by atoms with Gasteiger partial charge < -0.3 is 30.0 Å².